The topological polar surface area (TPSA) is 180 Å². The van der Waals surface area contributed by atoms with Crippen LogP contribution >= 0.6 is 0 Å². The van der Waals surface area contributed by atoms with Gasteiger partial charge in [0.2, 0.25) is 5.91 Å². The fourth-order valence-corrected chi connectivity index (χ4v) is 10.7. The fraction of sp³-hybridized carbons (Fsp3) is 0.936. The molecule has 4 fully saturated rings. The minimum Gasteiger partial charge on any atom is -0.459 e. The molecular formula is C47H84N4O13. The van der Waals surface area contributed by atoms with Gasteiger partial charge in [-0.3, -0.25) is 14.5 Å². The Bertz CT molecular complexity index is 1580. The molecule has 370 valence electrons. The molecule has 64 heavy (non-hydrogen) atoms. The third kappa shape index (κ3) is 12.1. The number of hydrogen-bond acceptors (Lipinski definition) is 17. The first-order chi connectivity index (χ1) is 29.7. The summed E-state index contributed by atoms with van der Waals surface area (Å²) >= 11 is 0. The van der Waals surface area contributed by atoms with Gasteiger partial charge in [0.15, 0.2) is 18.7 Å². The number of nitriles is 1. The monoisotopic (exact) mass is 913 g/mol. The predicted molar refractivity (Wildman–Crippen MR) is 238 cm³/mol. The summed E-state index contributed by atoms with van der Waals surface area (Å²) < 4.78 is 65.6. The van der Waals surface area contributed by atoms with E-state index in [4.69, 9.17) is 47.4 Å². The largest absolute Gasteiger partial charge is 0.459 e. The second-order valence-electron chi connectivity index (χ2n) is 20.4. The lowest BCUT2D eigenvalue weighted by Crippen LogP contribution is -2.61. The van der Waals surface area contributed by atoms with Crippen LogP contribution in [0, 0.1) is 29.1 Å². The number of methoxy groups -OCH3 is 1. The van der Waals surface area contributed by atoms with Crippen molar-refractivity contribution >= 4 is 11.9 Å². The van der Waals surface area contributed by atoms with Crippen LogP contribution in [0.5, 0.6) is 0 Å². The zero-order valence-corrected chi connectivity index (χ0v) is 42.2. The van der Waals surface area contributed by atoms with Gasteiger partial charge in [0.1, 0.15) is 29.5 Å². The molecule has 17 heteroatoms. The molecule has 1 N–H and O–H groups in total. The molecule has 0 aromatic carbocycles. The van der Waals surface area contributed by atoms with E-state index in [1.54, 1.807) is 27.9 Å². The van der Waals surface area contributed by atoms with Gasteiger partial charge in [-0.15, -0.1) is 0 Å². The lowest BCUT2D eigenvalue weighted by atomic mass is 9.77. The summed E-state index contributed by atoms with van der Waals surface area (Å²) in [5.74, 6) is -3.89. The fourth-order valence-electron chi connectivity index (χ4n) is 10.7. The summed E-state index contributed by atoms with van der Waals surface area (Å²) in [6.07, 6.45) is -5.73. The van der Waals surface area contributed by atoms with E-state index in [1.807, 2.05) is 81.7 Å². The quantitative estimate of drug-likeness (QED) is 0.210. The smallest absolute Gasteiger partial charge is 0.311 e. The second-order valence-corrected chi connectivity index (χ2v) is 20.4. The third-order valence-corrected chi connectivity index (χ3v) is 14.5. The predicted octanol–water partition coefficient (Wildman–Crippen LogP) is 4.71. The van der Waals surface area contributed by atoms with Crippen LogP contribution in [0.4, 0.5) is 0 Å². The molecule has 2 unspecified atom stereocenters. The Kier molecular flexibility index (Phi) is 18.7. The van der Waals surface area contributed by atoms with Crippen LogP contribution in [0.15, 0.2) is 0 Å². The number of likely N-dealkylation sites (N-methyl/N-ethyl adjacent to an activating group) is 2. The van der Waals surface area contributed by atoms with Crippen molar-refractivity contribution in [2.24, 2.45) is 17.8 Å². The Morgan fingerprint density at radius 3 is 2.20 bits per heavy atom. The lowest BCUT2D eigenvalue weighted by Gasteiger charge is -2.49. The van der Waals surface area contributed by atoms with Gasteiger partial charge in [-0.2, -0.15) is 5.26 Å². The minimum atomic E-state index is -1.54. The third-order valence-electron chi connectivity index (χ3n) is 14.5. The molecule has 19 atom stereocenters. The highest BCUT2D eigenvalue weighted by Crippen LogP contribution is 2.46. The summed E-state index contributed by atoms with van der Waals surface area (Å²) in [5.41, 5.74) is -3.63. The number of ether oxygens (including phenoxy) is 10. The number of fused-ring (bicyclic) bond motifs is 1. The van der Waals surface area contributed by atoms with E-state index in [1.165, 1.54) is 6.92 Å². The molecule has 0 radical (unpaired) electrons. The van der Waals surface area contributed by atoms with E-state index >= 15 is 0 Å². The summed E-state index contributed by atoms with van der Waals surface area (Å²) in [4.78, 5) is 33.3. The van der Waals surface area contributed by atoms with Crippen molar-refractivity contribution < 1.29 is 62.1 Å². The number of carbonyl (C=O) groups excluding carboxylic acids is 2. The minimum absolute atomic E-state index is 0.0807. The lowest BCUT2D eigenvalue weighted by molar-refractivity contribution is -0.321. The highest BCUT2D eigenvalue weighted by Gasteiger charge is 2.61. The molecule has 0 bridgehead atoms. The Labute approximate surface area is 383 Å². The number of aliphatic hydroxyl groups is 1. The first-order valence-corrected chi connectivity index (χ1v) is 23.4. The van der Waals surface area contributed by atoms with E-state index in [0.717, 1.165) is 0 Å². The van der Waals surface area contributed by atoms with Crippen molar-refractivity contribution in [2.75, 3.05) is 55.5 Å². The summed E-state index contributed by atoms with van der Waals surface area (Å²) in [7, 11) is 11.3. The molecule has 0 amide bonds. The molecule has 4 saturated heterocycles. The standard InChI is InChI=1S/C47H84N4O13/c1-19-35-46(11)40(63-47(12,64-46)50(15)16)31(6)51(17)26-27(2)24-44(9,54)39(62-43-38(56-22-20-21-48)34(49(13)14)23-28(3)57-43)29(4)37(30(5)42(53)60-35)61-36-25-45(10,55-18)41(32(7)58-36)59-33(8)52/h27-32,34-41,43,54H,19-20,22-26H2,1-18H3/t27-,28-,29?,30-,31-,32+,34+,35-,36+,37+,38-,39-,40-,41+,43+,44-,45-,46-,47?/m1/s1. The van der Waals surface area contributed by atoms with Crippen LogP contribution in [0.3, 0.4) is 0 Å². The van der Waals surface area contributed by atoms with E-state index in [-0.39, 0.29) is 43.6 Å². The van der Waals surface area contributed by atoms with E-state index in [2.05, 4.69) is 29.7 Å². The highest BCUT2D eigenvalue weighted by atomic mass is 16.8. The van der Waals surface area contributed by atoms with Gasteiger partial charge in [-0.1, -0.05) is 20.8 Å². The number of carbonyl (C=O) groups is 2. The van der Waals surface area contributed by atoms with Crippen molar-refractivity contribution in [1.82, 2.24) is 14.7 Å². The maximum absolute atomic E-state index is 15.0. The maximum Gasteiger partial charge on any atom is 0.311 e. The van der Waals surface area contributed by atoms with Crippen LogP contribution in [0.1, 0.15) is 115 Å². The Morgan fingerprint density at radius 2 is 1.64 bits per heavy atom. The number of rotatable bonds is 12. The second kappa shape index (κ2) is 21.9. The molecule has 0 aliphatic carbocycles. The average molecular weight is 913 g/mol. The molecule has 0 aromatic rings. The molecule has 0 aromatic heterocycles. The van der Waals surface area contributed by atoms with Crippen LogP contribution in [0.2, 0.25) is 0 Å². The molecule has 4 heterocycles. The Hall–Kier alpha value is -2.05. The molecular weight excluding hydrogens is 829 g/mol. The van der Waals surface area contributed by atoms with Crippen LogP contribution in [0.25, 0.3) is 0 Å². The Morgan fingerprint density at radius 1 is 0.984 bits per heavy atom. The highest BCUT2D eigenvalue weighted by molar-refractivity contribution is 5.73. The van der Waals surface area contributed by atoms with Crippen molar-refractivity contribution in [3.8, 4) is 6.07 Å². The van der Waals surface area contributed by atoms with E-state index in [0.29, 0.717) is 25.8 Å². The maximum atomic E-state index is 15.0. The van der Waals surface area contributed by atoms with Crippen LogP contribution < -0.4 is 0 Å². The SMILES string of the molecule is CC[C@H]1OC(=O)[C@H](C)[C@@H](O[C@H]2C[C@@](C)(OC)[C@@H](OC(C)=O)[C@H](C)O2)C(C)[C@@H](O[C@@H]2O[C@H](C)C[C@H](N(C)C)[C@H]2OCCC#N)[C@](C)(O)C[C@@H](C)CN(C)[C@H](C)[C@H]2OC(C)(N(C)C)O[C@@]21C. The van der Waals surface area contributed by atoms with Crippen molar-refractivity contribution in [3.63, 3.8) is 0 Å². The first kappa shape index (κ1) is 54.6. The normalized spacial score (nSPS) is 45.6. The first-order valence-electron chi connectivity index (χ1n) is 23.4. The van der Waals surface area contributed by atoms with Crippen molar-refractivity contribution in [2.45, 2.75) is 211 Å². The zero-order valence-electron chi connectivity index (χ0n) is 42.2. The zero-order chi connectivity index (χ0) is 48.3. The summed E-state index contributed by atoms with van der Waals surface area (Å²) in [6.45, 7) is 23.1. The van der Waals surface area contributed by atoms with Gasteiger partial charge in [0.05, 0.1) is 55.0 Å². The van der Waals surface area contributed by atoms with Gasteiger partial charge in [-0.05, 0) is 109 Å². The van der Waals surface area contributed by atoms with Gasteiger partial charge in [-0.25, -0.2) is 0 Å². The molecule has 4 aliphatic heterocycles. The van der Waals surface area contributed by atoms with Gasteiger partial charge < -0.3 is 62.3 Å². The Balaban J connectivity index is 1.89. The molecule has 0 spiro atoms. The molecule has 17 nitrogen and oxygen atoms in total. The average Bonchev–Trinajstić information content (AvgIpc) is 3.49. The van der Waals surface area contributed by atoms with Gasteiger partial charge in [0.25, 0.3) is 0 Å². The van der Waals surface area contributed by atoms with Crippen LogP contribution in [-0.4, -0.2) is 183 Å². The number of esters is 2. The number of hydrogen-bond donors (Lipinski definition) is 1. The summed E-state index contributed by atoms with van der Waals surface area (Å²) in [5, 5.41) is 22.4. The number of cyclic esters (lactones) is 1. The van der Waals surface area contributed by atoms with Crippen molar-refractivity contribution in [3.05, 3.63) is 0 Å². The van der Waals surface area contributed by atoms with E-state index < -0.39 is 102 Å². The molecule has 4 aliphatic rings. The van der Waals surface area contributed by atoms with Gasteiger partial charge in [0, 0.05) is 51.9 Å². The number of nitrogens with zero attached hydrogens (tertiary/aromatic N) is 4. The summed E-state index contributed by atoms with van der Waals surface area (Å²) in [6, 6.07) is 1.82. The van der Waals surface area contributed by atoms with Gasteiger partial charge >= 0.3 is 11.9 Å². The van der Waals surface area contributed by atoms with E-state index in [9.17, 15) is 20.0 Å². The van der Waals surface area contributed by atoms with Crippen molar-refractivity contribution in [1.29, 1.82) is 5.26 Å². The van der Waals surface area contributed by atoms with Crippen LogP contribution in [-0.2, 0) is 57.0 Å². The molecule has 4 rings (SSSR count). The molecule has 0 saturated carbocycles.